The Morgan fingerprint density at radius 2 is 1.76 bits per heavy atom. The number of aromatic nitrogens is 1. The Bertz CT molecular complexity index is 886. The van der Waals surface area contributed by atoms with E-state index >= 15 is 0 Å². The van der Waals surface area contributed by atoms with E-state index in [4.69, 9.17) is 0 Å². The summed E-state index contributed by atoms with van der Waals surface area (Å²) in [6, 6.07) is 13.9. The molecule has 3 nitrogen and oxygen atoms in total. The summed E-state index contributed by atoms with van der Waals surface area (Å²) in [5, 5.41) is 0.829. The Labute approximate surface area is 144 Å². The van der Waals surface area contributed by atoms with Crippen molar-refractivity contribution >= 4 is 36.9 Å². The van der Waals surface area contributed by atoms with Gasteiger partial charge in [0.25, 0.3) is 0 Å². The average Bonchev–Trinajstić information content (AvgIpc) is 2.82. The first-order valence-corrected chi connectivity index (χ1v) is 8.23. The van der Waals surface area contributed by atoms with Gasteiger partial charge in [0, 0.05) is 4.47 Å². The molecule has 3 aromatic rings. The van der Waals surface area contributed by atoms with Crippen LogP contribution in [0.5, 0.6) is 0 Å². The second-order valence-corrected chi connectivity index (χ2v) is 7.26. The fourth-order valence-corrected chi connectivity index (χ4v) is 3.72. The van der Waals surface area contributed by atoms with Crippen molar-refractivity contribution in [3.05, 3.63) is 64.8 Å². The molecule has 0 radical (unpaired) electrons. The molecule has 0 atom stereocenters. The summed E-state index contributed by atoms with van der Waals surface area (Å²) in [5.74, 6) is 0. The van der Waals surface area contributed by atoms with Crippen LogP contribution in [0.15, 0.2) is 57.9 Å². The van der Waals surface area contributed by atoms with Crippen molar-refractivity contribution in [3.8, 4) is 0 Å². The summed E-state index contributed by atoms with van der Waals surface area (Å²) in [7, 11) is -3.61. The first-order chi connectivity index (χ1) is 9.48. The van der Waals surface area contributed by atoms with Crippen molar-refractivity contribution in [2.45, 2.75) is 11.8 Å². The maximum Gasteiger partial charge on any atom is 1.00 e. The number of rotatable bonds is 2. The van der Waals surface area contributed by atoms with Crippen LogP contribution in [-0.4, -0.2) is 12.4 Å². The van der Waals surface area contributed by atoms with Crippen molar-refractivity contribution in [2.24, 2.45) is 0 Å². The molecule has 1 aromatic heterocycles. The Hall–Kier alpha value is -0.993. The van der Waals surface area contributed by atoms with Crippen LogP contribution in [0.1, 0.15) is 5.56 Å². The van der Waals surface area contributed by atoms with Gasteiger partial charge in [0.05, 0.1) is 4.90 Å². The molecular weight excluding hydrogens is 345 g/mol. The third-order valence-electron chi connectivity index (χ3n) is 3.10. The molecule has 0 saturated carbocycles. The maximum absolute atomic E-state index is 12.6. The van der Waals surface area contributed by atoms with Crippen LogP contribution in [0, 0.1) is 13.1 Å². The topological polar surface area (TPSA) is 39.1 Å². The summed E-state index contributed by atoms with van der Waals surface area (Å²) in [6.07, 6.45) is 2.80. The van der Waals surface area contributed by atoms with Crippen molar-refractivity contribution < 1.29 is 27.3 Å². The molecule has 21 heavy (non-hydrogen) atoms. The standard InChI is InChI=1S/C15H11BrNO2S.Li/c1-11-2-5-14(6-3-11)20(18,19)17-9-8-12-10-13(16)4-7-15(12)17;/h2-8,10H,1H3;/q-1;+1. The maximum atomic E-state index is 12.6. The van der Waals surface area contributed by atoms with E-state index in [1.807, 2.05) is 19.1 Å². The van der Waals surface area contributed by atoms with E-state index in [1.165, 1.54) is 3.97 Å². The molecule has 0 unspecified atom stereocenters. The Balaban J connectivity index is 0.00000161. The van der Waals surface area contributed by atoms with Crippen LogP contribution in [0.3, 0.4) is 0 Å². The molecular formula is C15H11BrLiNO2S. The van der Waals surface area contributed by atoms with Gasteiger partial charge in [-0.15, -0.1) is 12.1 Å². The Morgan fingerprint density at radius 3 is 2.43 bits per heavy atom. The average molecular weight is 356 g/mol. The van der Waals surface area contributed by atoms with Gasteiger partial charge in [-0.25, -0.2) is 8.42 Å². The number of hydrogen-bond donors (Lipinski definition) is 0. The SMILES string of the molecule is Cc1ccc(S(=O)(=O)n2[c-]cc3cc(Br)ccc32)cc1.[Li+]. The fraction of sp³-hybridized carbons (Fsp3) is 0.0667. The van der Waals surface area contributed by atoms with Gasteiger partial charge in [-0.2, -0.15) is 11.5 Å². The quantitative estimate of drug-likeness (QED) is 0.502. The molecule has 3 rings (SSSR count). The molecule has 2 aromatic carbocycles. The summed E-state index contributed by atoms with van der Waals surface area (Å²) in [4.78, 5) is 0.264. The van der Waals surface area contributed by atoms with Gasteiger partial charge >= 0.3 is 18.9 Å². The zero-order chi connectivity index (χ0) is 14.3. The number of halogens is 1. The largest absolute Gasteiger partial charge is 1.00 e. The van der Waals surface area contributed by atoms with Crippen LogP contribution in [0.2, 0.25) is 0 Å². The molecule has 1 heterocycles. The van der Waals surface area contributed by atoms with E-state index in [-0.39, 0.29) is 23.8 Å². The Morgan fingerprint density at radius 1 is 1.10 bits per heavy atom. The summed E-state index contributed by atoms with van der Waals surface area (Å²) >= 11 is 3.37. The Kier molecular flexibility index (Phi) is 4.69. The first-order valence-electron chi connectivity index (χ1n) is 5.99. The second-order valence-electron chi connectivity index (χ2n) is 4.56. The predicted octanol–water partition coefficient (Wildman–Crippen LogP) is 0.753. The van der Waals surface area contributed by atoms with Gasteiger partial charge < -0.3 is 3.97 Å². The number of hydrogen-bond acceptors (Lipinski definition) is 2. The van der Waals surface area contributed by atoms with Crippen LogP contribution >= 0.6 is 15.9 Å². The summed E-state index contributed by atoms with van der Waals surface area (Å²) < 4.78 is 27.4. The minimum absolute atomic E-state index is 0. The van der Waals surface area contributed by atoms with E-state index in [1.54, 1.807) is 36.4 Å². The van der Waals surface area contributed by atoms with Crippen molar-refractivity contribution in [3.63, 3.8) is 0 Å². The van der Waals surface area contributed by atoms with Crippen LogP contribution < -0.4 is 18.9 Å². The predicted molar refractivity (Wildman–Crippen MR) is 82.2 cm³/mol. The zero-order valence-electron chi connectivity index (χ0n) is 11.7. The van der Waals surface area contributed by atoms with E-state index in [0.29, 0.717) is 5.52 Å². The van der Waals surface area contributed by atoms with E-state index in [0.717, 1.165) is 15.4 Å². The van der Waals surface area contributed by atoms with Gasteiger partial charge in [-0.1, -0.05) is 51.4 Å². The third-order valence-corrected chi connectivity index (χ3v) is 5.25. The number of benzene rings is 2. The molecule has 0 saturated heterocycles. The molecule has 0 aliphatic rings. The molecule has 6 heteroatoms. The third kappa shape index (κ3) is 2.97. The summed E-state index contributed by atoms with van der Waals surface area (Å²) in [5.41, 5.74) is 1.64. The van der Waals surface area contributed by atoms with Crippen molar-refractivity contribution in [1.29, 1.82) is 0 Å². The number of nitrogens with zero attached hydrogens (tertiary/aromatic N) is 1. The van der Waals surface area contributed by atoms with Gasteiger partial charge in [0.2, 0.25) is 10.0 Å². The van der Waals surface area contributed by atoms with E-state index < -0.39 is 10.0 Å². The van der Waals surface area contributed by atoms with Crippen LogP contribution in [0.4, 0.5) is 0 Å². The number of fused-ring (bicyclic) bond motifs is 1. The zero-order valence-corrected chi connectivity index (χ0v) is 14.1. The normalized spacial score (nSPS) is 11.3. The minimum atomic E-state index is -3.61. The first kappa shape index (κ1) is 16.4. The summed E-state index contributed by atoms with van der Waals surface area (Å²) in [6.45, 7) is 1.92. The van der Waals surface area contributed by atoms with E-state index in [9.17, 15) is 8.42 Å². The second kappa shape index (κ2) is 6.02. The van der Waals surface area contributed by atoms with Crippen LogP contribution in [0.25, 0.3) is 10.9 Å². The number of aryl methyl sites for hydroxylation is 1. The van der Waals surface area contributed by atoms with Crippen molar-refractivity contribution in [2.75, 3.05) is 0 Å². The molecule has 0 aliphatic carbocycles. The van der Waals surface area contributed by atoms with Gasteiger partial charge in [0.1, 0.15) is 0 Å². The smallest absolute Gasteiger partial charge is 0.360 e. The van der Waals surface area contributed by atoms with Crippen molar-refractivity contribution in [1.82, 2.24) is 3.97 Å². The van der Waals surface area contributed by atoms with Gasteiger partial charge in [0.15, 0.2) is 0 Å². The van der Waals surface area contributed by atoms with Crippen LogP contribution in [-0.2, 0) is 10.0 Å². The van der Waals surface area contributed by atoms with Gasteiger partial charge in [-0.05, 0) is 19.1 Å². The molecule has 0 aliphatic heterocycles. The molecule has 0 amide bonds. The monoisotopic (exact) mass is 355 g/mol. The molecule has 0 spiro atoms. The van der Waals surface area contributed by atoms with Gasteiger partial charge in [-0.3, -0.25) is 0 Å². The molecule has 0 fully saturated rings. The minimum Gasteiger partial charge on any atom is -0.360 e. The fourth-order valence-electron chi connectivity index (χ4n) is 2.04. The molecule has 0 bridgehead atoms. The molecule has 102 valence electrons. The molecule has 0 N–H and O–H groups in total. The van der Waals surface area contributed by atoms with E-state index in [2.05, 4.69) is 22.1 Å².